The van der Waals surface area contributed by atoms with Crippen LogP contribution in [0, 0.1) is 0 Å². The zero-order chi connectivity index (χ0) is 18.3. The average molecular weight is 353 g/mol. The van der Waals surface area contributed by atoms with Crippen molar-refractivity contribution in [1.82, 2.24) is 24.8 Å². The van der Waals surface area contributed by atoms with Crippen LogP contribution in [-0.4, -0.2) is 37.3 Å². The summed E-state index contributed by atoms with van der Waals surface area (Å²) in [6.45, 7) is 4.85. The quantitative estimate of drug-likeness (QED) is 0.778. The van der Waals surface area contributed by atoms with Crippen LogP contribution in [0.1, 0.15) is 60.6 Å². The first-order chi connectivity index (χ1) is 12.5. The van der Waals surface area contributed by atoms with Crippen LogP contribution in [0.3, 0.4) is 0 Å². The summed E-state index contributed by atoms with van der Waals surface area (Å²) >= 11 is 0. The third-order valence-electron chi connectivity index (χ3n) is 4.99. The molecular weight excluding hydrogens is 330 g/mol. The van der Waals surface area contributed by atoms with Gasteiger partial charge in [-0.05, 0) is 31.0 Å². The minimum atomic E-state index is -0.0467. The van der Waals surface area contributed by atoms with Crippen LogP contribution >= 0.6 is 0 Å². The standard InChI is InChI=1S/C19H23N5O2/c1-12(2)18-11-14(22-26-18)17-7-5-9-24(17)19(25)15-10-13(20-21-15)16-6-4-8-23(16)3/h4,6,8,10-12,17H,5,7,9H2,1-3H3,(H,20,21)/t17-/m1/s1. The molecule has 1 aliphatic heterocycles. The topological polar surface area (TPSA) is 80.0 Å². The number of nitrogens with one attached hydrogen (secondary N) is 1. The molecular formula is C19H23N5O2. The molecule has 0 aliphatic carbocycles. The van der Waals surface area contributed by atoms with Crippen molar-refractivity contribution in [3.63, 3.8) is 0 Å². The third-order valence-corrected chi connectivity index (χ3v) is 4.99. The molecule has 1 fully saturated rings. The van der Waals surface area contributed by atoms with Gasteiger partial charge in [-0.2, -0.15) is 5.10 Å². The molecule has 0 unspecified atom stereocenters. The maximum absolute atomic E-state index is 13.0. The Hall–Kier alpha value is -2.83. The highest BCUT2D eigenvalue weighted by molar-refractivity contribution is 5.93. The summed E-state index contributed by atoms with van der Waals surface area (Å²) in [7, 11) is 1.96. The number of nitrogens with zero attached hydrogens (tertiary/aromatic N) is 4. The molecule has 1 amide bonds. The summed E-state index contributed by atoms with van der Waals surface area (Å²) in [6, 6.07) is 7.68. The van der Waals surface area contributed by atoms with Crippen molar-refractivity contribution in [1.29, 1.82) is 0 Å². The molecule has 4 rings (SSSR count). The van der Waals surface area contributed by atoms with E-state index in [1.54, 1.807) is 0 Å². The Morgan fingerprint density at radius 3 is 2.92 bits per heavy atom. The van der Waals surface area contributed by atoms with Gasteiger partial charge in [0.2, 0.25) is 0 Å². The van der Waals surface area contributed by atoms with Crippen molar-refractivity contribution in [2.75, 3.05) is 6.54 Å². The number of aromatic nitrogens is 4. The summed E-state index contributed by atoms with van der Waals surface area (Å²) in [4.78, 5) is 14.9. The van der Waals surface area contributed by atoms with Gasteiger partial charge in [0.15, 0.2) is 0 Å². The Labute approximate surface area is 152 Å². The van der Waals surface area contributed by atoms with Gasteiger partial charge in [-0.15, -0.1) is 0 Å². The van der Waals surface area contributed by atoms with Gasteiger partial charge in [-0.3, -0.25) is 9.89 Å². The number of aryl methyl sites for hydroxylation is 1. The van der Waals surface area contributed by atoms with Crippen LogP contribution in [0.4, 0.5) is 0 Å². The van der Waals surface area contributed by atoms with E-state index < -0.39 is 0 Å². The van der Waals surface area contributed by atoms with Crippen LogP contribution in [-0.2, 0) is 7.05 Å². The fourth-order valence-electron chi connectivity index (χ4n) is 3.49. The van der Waals surface area contributed by atoms with E-state index in [4.69, 9.17) is 4.52 Å². The van der Waals surface area contributed by atoms with Crippen LogP contribution in [0.2, 0.25) is 0 Å². The maximum Gasteiger partial charge on any atom is 0.272 e. The molecule has 1 N–H and O–H groups in total. The lowest BCUT2D eigenvalue weighted by molar-refractivity contribution is 0.0724. The Balaban J connectivity index is 1.57. The van der Waals surface area contributed by atoms with Gasteiger partial charge in [0.25, 0.3) is 5.91 Å². The van der Waals surface area contributed by atoms with E-state index in [9.17, 15) is 4.79 Å². The van der Waals surface area contributed by atoms with Crippen molar-refractivity contribution in [2.45, 2.75) is 38.6 Å². The first kappa shape index (κ1) is 16.6. The summed E-state index contributed by atoms with van der Waals surface area (Å²) < 4.78 is 7.41. The lowest BCUT2D eigenvalue weighted by atomic mass is 10.1. The minimum absolute atomic E-state index is 0.0412. The van der Waals surface area contributed by atoms with E-state index >= 15 is 0 Å². The van der Waals surface area contributed by atoms with Crippen molar-refractivity contribution in [3.8, 4) is 11.4 Å². The number of likely N-dealkylation sites (tertiary alicyclic amines) is 1. The monoisotopic (exact) mass is 353 g/mol. The zero-order valence-corrected chi connectivity index (χ0v) is 15.3. The molecule has 136 valence electrons. The average Bonchev–Trinajstić information content (AvgIpc) is 3.38. The van der Waals surface area contributed by atoms with Crippen molar-refractivity contribution < 1.29 is 9.32 Å². The molecule has 3 aromatic rings. The second kappa shape index (κ2) is 6.48. The lowest BCUT2D eigenvalue weighted by Crippen LogP contribution is -2.31. The zero-order valence-electron chi connectivity index (χ0n) is 15.3. The van der Waals surface area contributed by atoms with Crippen molar-refractivity contribution in [2.24, 2.45) is 7.05 Å². The summed E-state index contributed by atoms with van der Waals surface area (Å²) in [6.07, 6.45) is 3.81. The van der Waals surface area contributed by atoms with E-state index in [0.717, 1.165) is 35.7 Å². The molecule has 0 saturated carbocycles. The Morgan fingerprint density at radius 1 is 1.38 bits per heavy atom. The van der Waals surface area contributed by atoms with E-state index in [-0.39, 0.29) is 17.9 Å². The first-order valence-electron chi connectivity index (χ1n) is 8.99. The van der Waals surface area contributed by atoms with E-state index in [1.165, 1.54) is 0 Å². The smallest absolute Gasteiger partial charge is 0.272 e. The highest BCUT2D eigenvalue weighted by Gasteiger charge is 2.33. The SMILES string of the molecule is CC(C)c1cc([C@H]2CCCN2C(=O)c2cc(-c3cccn3C)n[nH]2)no1. The molecule has 0 aromatic carbocycles. The molecule has 26 heavy (non-hydrogen) atoms. The molecule has 0 bridgehead atoms. The van der Waals surface area contributed by atoms with E-state index in [0.29, 0.717) is 12.2 Å². The highest BCUT2D eigenvalue weighted by Crippen LogP contribution is 2.34. The van der Waals surface area contributed by atoms with Crippen LogP contribution < -0.4 is 0 Å². The molecule has 4 heterocycles. The number of carbonyl (C=O) groups is 1. The number of hydrogen-bond acceptors (Lipinski definition) is 4. The lowest BCUT2D eigenvalue weighted by Gasteiger charge is -2.22. The van der Waals surface area contributed by atoms with Gasteiger partial charge in [-0.1, -0.05) is 19.0 Å². The van der Waals surface area contributed by atoms with Gasteiger partial charge < -0.3 is 14.0 Å². The highest BCUT2D eigenvalue weighted by atomic mass is 16.5. The molecule has 1 atom stereocenters. The van der Waals surface area contributed by atoms with E-state index in [1.807, 2.05) is 47.0 Å². The summed E-state index contributed by atoms with van der Waals surface area (Å²) in [5.41, 5.74) is 3.07. The third kappa shape index (κ3) is 2.83. The van der Waals surface area contributed by atoms with Gasteiger partial charge in [0, 0.05) is 31.8 Å². The second-order valence-corrected chi connectivity index (χ2v) is 7.14. The molecule has 7 heteroatoms. The van der Waals surface area contributed by atoms with Crippen LogP contribution in [0.5, 0.6) is 0 Å². The largest absolute Gasteiger partial charge is 0.361 e. The van der Waals surface area contributed by atoms with Crippen molar-refractivity contribution in [3.05, 3.63) is 47.6 Å². The Bertz CT molecular complexity index is 920. The van der Waals surface area contributed by atoms with Crippen LogP contribution in [0.25, 0.3) is 11.4 Å². The summed E-state index contributed by atoms with van der Waals surface area (Å²) in [5.74, 6) is 1.09. The van der Waals surface area contributed by atoms with Gasteiger partial charge >= 0.3 is 0 Å². The van der Waals surface area contributed by atoms with Crippen molar-refractivity contribution >= 4 is 5.91 Å². The number of carbonyl (C=O) groups excluding carboxylic acids is 1. The van der Waals surface area contributed by atoms with Gasteiger partial charge in [0.05, 0.1) is 11.7 Å². The number of amides is 1. The number of hydrogen-bond donors (Lipinski definition) is 1. The molecule has 0 radical (unpaired) electrons. The fraction of sp³-hybridized carbons (Fsp3) is 0.421. The maximum atomic E-state index is 13.0. The van der Waals surface area contributed by atoms with E-state index in [2.05, 4.69) is 29.2 Å². The second-order valence-electron chi connectivity index (χ2n) is 7.14. The fourth-order valence-corrected chi connectivity index (χ4v) is 3.49. The Morgan fingerprint density at radius 2 is 2.23 bits per heavy atom. The molecule has 0 spiro atoms. The predicted molar refractivity (Wildman–Crippen MR) is 96.6 cm³/mol. The number of aromatic amines is 1. The minimum Gasteiger partial charge on any atom is -0.361 e. The normalized spacial score (nSPS) is 17.4. The number of H-pyrrole nitrogens is 1. The summed E-state index contributed by atoms with van der Waals surface area (Å²) in [5, 5.41) is 11.4. The molecule has 1 aliphatic rings. The van der Waals surface area contributed by atoms with Crippen LogP contribution in [0.15, 0.2) is 35.0 Å². The predicted octanol–water partition coefficient (Wildman–Crippen LogP) is 3.50. The number of rotatable bonds is 4. The molecule has 7 nitrogen and oxygen atoms in total. The van der Waals surface area contributed by atoms with Gasteiger partial charge in [0.1, 0.15) is 22.8 Å². The Kier molecular flexibility index (Phi) is 4.14. The first-order valence-corrected chi connectivity index (χ1v) is 8.99. The van der Waals surface area contributed by atoms with Gasteiger partial charge in [-0.25, -0.2) is 0 Å². The molecule has 1 saturated heterocycles. The molecule has 3 aromatic heterocycles.